The van der Waals surface area contributed by atoms with Gasteiger partial charge in [0.15, 0.2) is 0 Å². The molecule has 0 saturated heterocycles. The number of carbonyl (C=O) groups excluding carboxylic acids is 1. The Bertz CT molecular complexity index is 429. The van der Waals surface area contributed by atoms with Crippen molar-refractivity contribution in [3.8, 4) is 0 Å². The zero-order valence-electron chi connectivity index (χ0n) is 8.51. The van der Waals surface area contributed by atoms with Crippen molar-refractivity contribution in [3.63, 3.8) is 0 Å². The number of carbonyl (C=O) groups is 1. The van der Waals surface area contributed by atoms with Crippen molar-refractivity contribution in [2.45, 2.75) is 5.92 Å². The molecule has 94 valence electrons. The second-order valence-electron chi connectivity index (χ2n) is 3.32. The summed E-state index contributed by atoms with van der Waals surface area (Å²) in [4.78, 5) is 11.6. The Balaban J connectivity index is 2.74. The number of alkyl halides is 2. The highest BCUT2D eigenvalue weighted by atomic mass is 79.9. The molecule has 0 bridgehead atoms. The molecule has 1 rings (SSSR count). The summed E-state index contributed by atoms with van der Waals surface area (Å²) < 4.78 is 25.9. The van der Waals surface area contributed by atoms with E-state index in [-0.39, 0.29) is 5.56 Å². The standard InChI is InChI=1S/C10H9BrClF2NO2/c11-8-2-1-6(12)3-7(8)9(17)15-4-10(13,14)5-16/h1-3,16H,4-5H2,(H,15,17). The zero-order chi connectivity index (χ0) is 13.1. The van der Waals surface area contributed by atoms with Crippen molar-refractivity contribution in [3.05, 3.63) is 33.3 Å². The monoisotopic (exact) mass is 327 g/mol. The Labute approximate surface area is 110 Å². The zero-order valence-corrected chi connectivity index (χ0v) is 10.9. The maximum atomic E-state index is 12.7. The van der Waals surface area contributed by atoms with Gasteiger partial charge in [-0.15, -0.1) is 0 Å². The number of hydrogen-bond acceptors (Lipinski definition) is 2. The van der Waals surface area contributed by atoms with Crippen LogP contribution in [0.25, 0.3) is 0 Å². The fourth-order valence-electron chi connectivity index (χ4n) is 1.03. The van der Waals surface area contributed by atoms with Crippen LogP contribution >= 0.6 is 27.5 Å². The summed E-state index contributed by atoms with van der Waals surface area (Å²) in [5, 5.41) is 10.7. The molecule has 0 atom stereocenters. The molecule has 0 aromatic heterocycles. The maximum Gasteiger partial charge on any atom is 0.287 e. The van der Waals surface area contributed by atoms with Gasteiger partial charge in [-0.05, 0) is 34.1 Å². The third-order valence-corrected chi connectivity index (χ3v) is 2.84. The summed E-state index contributed by atoms with van der Waals surface area (Å²) in [7, 11) is 0. The number of halogens is 4. The van der Waals surface area contributed by atoms with Gasteiger partial charge in [0.1, 0.15) is 6.61 Å². The SMILES string of the molecule is O=C(NCC(F)(F)CO)c1cc(Cl)ccc1Br. The summed E-state index contributed by atoms with van der Waals surface area (Å²) in [5.41, 5.74) is 0.159. The Hall–Kier alpha value is -0.720. The van der Waals surface area contributed by atoms with Crippen molar-refractivity contribution >= 4 is 33.4 Å². The molecular formula is C10H9BrClF2NO2. The number of nitrogens with one attached hydrogen (secondary N) is 1. The molecule has 17 heavy (non-hydrogen) atoms. The van der Waals surface area contributed by atoms with Crippen LogP contribution in [0.4, 0.5) is 8.78 Å². The number of rotatable bonds is 4. The van der Waals surface area contributed by atoms with E-state index in [1.54, 1.807) is 12.1 Å². The lowest BCUT2D eigenvalue weighted by Crippen LogP contribution is -2.39. The highest BCUT2D eigenvalue weighted by Gasteiger charge is 2.28. The average molecular weight is 329 g/mol. The second kappa shape index (κ2) is 5.75. The average Bonchev–Trinajstić information content (AvgIpc) is 2.29. The molecule has 0 aliphatic heterocycles. The molecule has 0 heterocycles. The minimum atomic E-state index is -3.33. The first kappa shape index (κ1) is 14.3. The number of aliphatic hydroxyl groups is 1. The first-order valence-corrected chi connectivity index (χ1v) is 5.75. The molecule has 0 aliphatic carbocycles. The van der Waals surface area contributed by atoms with Crippen LogP contribution in [0, 0.1) is 0 Å². The van der Waals surface area contributed by atoms with Gasteiger partial charge in [-0.2, -0.15) is 0 Å². The summed E-state index contributed by atoms with van der Waals surface area (Å²) in [6, 6.07) is 4.46. The largest absolute Gasteiger partial charge is 0.390 e. The first-order chi connectivity index (χ1) is 7.85. The number of aliphatic hydroxyl groups excluding tert-OH is 1. The molecule has 0 spiro atoms. The topological polar surface area (TPSA) is 49.3 Å². The third-order valence-electron chi connectivity index (χ3n) is 1.91. The van der Waals surface area contributed by atoms with Crippen LogP contribution in [0.1, 0.15) is 10.4 Å². The van der Waals surface area contributed by atoms with Gasteiger partial charge in [0.2, 0.25) is 0 Å². The molecule has 1 amide bonds. The molecule has 0 unspecified atom stereocenters. The lowest BCUT2D eigenvalue weighted by atomic mass is 10.2. The van der Waals surface area contributed by atoms with Gasteiger partial charge in [0.25, 0.3) is 11.8 Å². The Morgan fingerprint density at radius 1 is 1.53 bits per heavy atom. The number of benzene rings is 1. The molecule has 1 aromatic rings. The van der Waals surface area contributed by atoms with Gasteiger partial charge < -0.3 is 10.4 Å². The van der Waals surface area contributed by atoms with E-state index >= 15 is 0 Å². The van der Waals surface area contributed by atoms with Crippen molar-refractivity contribution < 1.29 is 18.7 Å². The molecule has 2 N–H and O–H groups in total. The summed E-state index contributed by atoms with van der Waals surface area (Å²) in [6.07, 6.45) is 0. The Morgan fingerprint density at radius 2 is 2.18 bits per heavy atom. The molecule has 3 nitrogen and oxygen atoms in total. The lowest BCUT2D eigenvalue weighted by molar-refractivity contribution is -0.0462. The van der Waals surface area contributed by atoms with Crippen molar-refractivity contribution in [2.75, 3.05) is 13.2 Å². The minimum absolute atomic E-state index is 0.159. The predicted octanol–water partition coefficient (Wildman–Crippen LogP) is 2.46. The van der Waals surface area contributed by atoms with Crippen LogP contribution in [-0.2, 0) is 0 Å². The fourth-order valence-corrected chi connectivity index (χ4v) is 1.63. The number of amides is 1. The smallest absolute Gasteiger partial charge is 0.287 e. The quantitative estimate of drug-likeness (QED) is 0.892. The summed E-state index contributed by atoms with van der Waals surface area (Å²) in [6.45, 7) is -2.24. The van der Waals surface area contributed by atoms with Gasteiger partial charge in [-0.1, -0.05) is 11.6 Å². The molecule has 7 heteroatoms. The highest BCUT2D eigenvalue weighted by molar-refractivity contribution is 9.10. The molecule has 1 aromatic carbocycles. The van der Waals surface area contributed by atoms with Crippen LogP contribution in [0.15, 0.2) is 22.7 Å². The van der Waals surface area contributed by atoms with E-state index in [0.717, 1.165) is 0 Å². The Morgan fingerprint density at radius 3 is 2.76 bits per heavy atom. The Kier molecular flexibility index (Phi) is 4.85. The molecule has 0 aliphatic rings. The third kappa shape index (κ3) is 4.22. The van der Waals surface area contributed by atoms with E-state index in [1.165, 1.54) is 6.07 Å². The van der Waals surface area contributed by atoms with Gasteiger partial charge in [0, 0.05) is 9.50 Å². The van der Waals surface area contributed by atoms with Crippen LogP contribution in [0.2, 0.25) is 5.02 Å². The van der Waals surface area contributed by atoms with Crippen LogP contribution in [-0.4, -0.2) is 30.1 Å². The van der Waals surface area contributed by atoms with E-state index in [0.29, 0.717) is 9.50 Å². The molecule has 0 radical (unpaired) electrons. The second-order valence-corrected chi connectivity index (χ2v) is 4.61. The van der Waals surface area contributed by atoms with E-state index in [2.05, 4.69) is 15.9 Å². The van der Waals surface area contributed by atoms with Crippen LogP contribution in [0.5, 0.6) is 0 Å². The van der Waals surface area contributed by atoms with Gasteiger partial charge in [0.05, 0.1) is 12.1 Å². The molecular weight excluding hydrogens is 319 g/mol. The van der Waals surface area contributed by atoms with Crippen LogP contribution in [0.3, 0.4) is 0 Å². The predicted molar refractivity (Wildman–Crippen MR) is 63.5 cm³/mol. The minimum Gasteiger partial charge on any atom is -0.390 e. The van der Waals surface area contributed by atoms with Crippen molar-refractivity contribution in [1.82, 2.24) is 5.32 Å². The van der Waals surface area contributed by atoms with E-state index < -0.39 is 25.0 Å². The van der Waals surface area contributed by atoms with Crippen molar-refractivity contribution in [1.29, 1.82) is 0 Å². The van der Waals surface area contributed by atoms with E-state index in [9.17, 15) is 13.6 Å². The molecule has 0 fully saturated rings. The van der Waals surface area contributed by atoms with Gasteiger partial charge in [-0.25, -0.2) is 8.78 Å². The maximum absolute atomic E-state index is 12.7. The van der Waals surface area contributed by atoms with Gasteiger partial charge >= 0.3 is 0 Å². The number of hydrogen-bond donors (Lipinski definition) is 2. The van der Waals surface area contributed by atoms with E-state index in [4.69, 9.17) is 16.7 Å². The van der Waals surface area contributed by atoms with Gasteiger partial charge in [-0.3, -0.25) is 4.79 Å². The summed E-state index contributed by atoms with van der Waals surface area (Å²) >= 11 is 8.80. The normalized spacial score (nSPS) is 11.4. The molecule has 0 saturated carbocycles. The highest BCUT2D eigenvalue weighted by Crippen LogP contribution is 2.21. The van der Waals surface area contributed by atoms with E-state index in [1.807, 2.05) is 5.32 Å². The van der Waals surface area contributed by atoms with Crippen molar-refractivity contribution in [2.24, 2.45) is 0 Å². The first-order valence-electron chi connectivity index (χ1n) is 4.57. The lowest BCUT2D eigenvalue weighted by Gasteiger charge is -2.14. The summed E-state index contributed by atoms with van der Waals surface area (Å²) in [5.74, 6) is -4.02. The fraction of sp³-hybridized carbons (Fsp3) is 0.300. The van der Waals surface area contributed by atoms with Crippen LogP contribution < -0.4 is 5.32 Å².